The molecule has 1 heterocycles. The molecule has 0 aliphatic carbocycles. The van der Waals surface area contributed by atoms with Gasteiger partial charge in [-0.3, -0.25) is 0 Å². The lowest BCUT2D eigenvalue weighted by Crippen LogP contribution is -2.08. The fourth-order valence-corrected chi connectivity index (χ4v) is 4.03. The molecule has 0 saturated carbocycles. The summed E-state index contributed by atoms with van der Waals surface area (Å²) < 4.78 is 0. The van der Waals surface area contributed by atoms with E-state index in [0.717, 1.165) is 16.0 Å². The number of phenols is 2. The van der Waals surface area contributed by atoms with Gasteiger partial charge in [-0.15, -0.1) is 11.8 Å². The minimum Gasteiger partial charge on any atom is -0.508 e. The number of fused-ring (bicyclic) bond motifs is 1. The number of hydrogen-bond donors (Lipinski definition) is 3. The van der Waals surface area contributed by atoms with Crippen LogP contribution in [-0.4, -0.2) is 21.9 Å². The third kappa shape index (κ3) is 2.07. The summed E-state index contributed by atoms with van der Waals surface area (Å²) in [4.78, 5) is 1.14. The molecule has 2 aromatic carbocycles. The van der Waals surface area contributed by atoms with Crippen LogP contribution >= 0.6 is 11.8 Å². The summed E-state index contributed by atoms with van der Waals surface area (Å²) >= 11 is 1.64. The summed E-state index contributed by atoms with van der Waals surface area (Å²) in [5.74, 6) is 0.0858. The van der Waals surface area contributed by atoms with Crippen molar-refractivity contribution in [1.29, 1.82) is 0 Å². The number of aliphatic hydroxyl groups is 1. The van der Waals surface area contributed by atoms with Gasteiger partial charge < -0.3 is 15.3 Å². The lowest BCUT2D eigenvalue weighted by Gasteiger charge is -2.18. The maximum absolute atomic E-state index is 9.99. The zero-order valence-corrected chi connectivity index (χ0v) is 11.0. The third-order valence-corrected chi connectivity index (χ3v) is 4.92. The second kappa shape index (κ2) is 4.79. The highest BCUT2D eigenvalue weighted by Gasteiger charge is 2.35. The molecular formula is C15H14O3S. The van der Waals surface area contributed by atoms with E-state index in [1.165, 1.54) is 6.07 Å². The summed E-state index contributed by atoms with van der Waals surface area (Å²) in [6.07, 6.45) is 0. The highest BCUT2D eigenvalue weighted by atomic mass is 32.2. The summed E-state index contributed by atoms with van der Waals surface area (Å²) in [6.45, 7) is 0.0367. The van der Waals surface area contributed by atoms with Gasteiger partial charge in [0.15, 0.2) is 0 Å². The van der Waals surface area contributed by atoms with Gasteiger partial charge in [0, 0.05) is 27.7 Å². The van der Waals surface area contributed by atoms with Crippen LogP contribution in [0.1, 0.15) is 22.3 Å². The Kier molecular flexibility index (Phi) is 3.12. The highest BCUT2D eigenvalue weighted by Crippen LogP contribution is 2.55. The molecule has 4 heteroatoms. The maximum atomic E-state index is 9.99. The molecular weight excluding hydrogens is 260 g/mol. The first-order chi connectivity index (χ1) is 9.20. The summed E-state index contributed by atoms with van der Waals surface area (Å²) in [5.41, 5.74) is 1.87. The van der Waals surface area contributed by atoms with Crippen LogP contribution in [0.25, 0.3) is 0 Å². The molecule has 0 aromatic heterocycles. The molecule has 3 N–H and O–H groups in total. The second-order valence-corrected chi connectivity index (χ2v) is 5.79. The normalized spacial score (nSPS) is 21.3. The molecule has 2 aromatic rings. The van der Waals surface area contributed by atoms with Crippen LogP contribution in [0.15, 0.2) is 47.4 Å². The quantitative estimate of drug-likeness (QED) is 0.788. The molecule has 0 fully saturated rings. The van der Waals surface area contributed by atoms with E-state index in [9.17, 15) is 15.3 Å². The Morgan fingerprint density at radius 2 is 1.79 bits per heavy atom. The Morgan fingerprint density at radius 3 is 2.53 bits per heavy atom. The SMILES string of the molecule is OCC1c2ccccc2SC1c1ccc(O)cc1O. The highest BCUT2D eigenvalue weighted by molar-refractivity contribution is 8.00. The Morgan fingerprint density at radius 1 is 1.00 bits per heavy atom. The molecule has 1 aliphatic heterocycles. The van der Waals surface area contributed by atoms with E-state index in [-0.39, 0.29) is 29.3 Å². The molecule has 19 heavy (non-hydrogen) atoms. The Hall–Kier alpha value is -1.65. The van der Waals surface area contributed by atoms with Gasteiger partial charge in [-0.2, -0.15) is 0 Å². The van der Waals surface area contributed by atoms with Crippen molar-refractivity contribution in [2.75, 3.05) is 6.61 Å². The van der Waals surface area contributed by atoms with Gasteiger partial charge in [0.1, 0.15) is 11.5 Å². The average molecular weight is 274 g/mol. The molecule has 0 saturated heterocycles. The zero-order chi connectivity index (χ0) is 13.4. The minimum absolute atomic E-state index is 0.0250. The summed E-state index contributed by atoms with van der Waals surface area (Å²) in [5, 5.41) is 29.0. The lowest BCUT2D eigenvalue weighted by molar-refractivity contribution is 0.263. The number of aromatic hydroxyl groups is 2. The molecule has 98 valence electrons. The van der Waals surface area contributed by atoms with E-state index in [2.05, 4.69) is 0 Å². The van der Waals surface area contributed by atoms with Gasteiger partial charge in [0.25, 0.3) is 0 Å². The van der Waals surface area contributed by atoms with Gasteiger partial charge in [-0.05, 0) is 17.7 Å². The van der Waals surface area contributed by atoms with Crippen LogP contribution in [0.4, 0.5) is 0 Å². The Labute approximate surface area is 115 Å². The first-order valence-corrected chi connectivity index (χ1v) is 6.97. The molecule has 2 atom stereocenters. The van der Waals surface area contributed by atoms with Crippen LogP contribution in [0.2, 0.25) is 0 Å². The molecule has 0 spiro atoms. The monoisotopic (exact) mass is 274 g/mol. The van der Waals surface area contributed by atoms with Crippen molar-refractivity contribution in [3.05, 3.63) is 53.6 Å². The van der Waals surface area contributed by atoms with Gasteiger partial charge in [-0.1, -0.05) is 24.3 Å². The third-order valence-electron chi connectivity index (χ3n) is 3.46. The van der Waals surface area contributed by atoms with E-state index in [1.54, 1.807) is 23.9 Å². The molecule has 0 amide bonds. The van der Waals surface area contributed by atoms with E-state index in [1.807, 2.05) is 24.3 Å². The number of benzene rings is 2. The molecule has 3 rings (SSSR count). The predicted octanol–water partition coefficient (Wildman–Crippen LogP) is 3.02. The molecule has 1 aliphatic rings. The first kappa shape index (κ1) is 12.4. The average Bonchev–Trinajstić information content (AvgIpc) is 2.76. The standard InChI is InChI=1S/C15H14O3S/c16-8-12-10-3-1-2-4-14(10)19-15(12)11-6-5-9(17)7-13(11)18/h1-7,12,15-18H,8H2. The van der Waals surface area contributed by atoms with Gasteiger partial charge in [0.2, 0.25) is 0 Å². The van der Waals surface area contributed by atoms with E-state index < -0.39 is 0 Å². The van der Waals surface area contributed by atoms with Gasteiger partial charge >= 0.3 is 0 Å². The number of thioether (sulfide) groups is 1. The fraction of sp³-hybridized carbons (Fsp3) is 0.200. The topological polar surface area (TPSA) is 60.7 Å². The first-order valence-electron chi connectivity index (χ1n) is 6.09. The van der Waals surface area contributed by atoms with Crippen LogP contribution in [-0.2, 0) is 0 Å². The number of phenolic OH excluding ortho intramolecular Hbond substituents is 2. The largest absolute Gasteiger partial charge is 0.508 e. The lowest BCUT2D eigenvalue weighted by atomic mass is 9.92. The van der Waals surface area contributed by atoms with Crippen LogP contribution in [0, 0.1) is 0 Å². The van der Waals surface area contributed by atoms with Gasteiger partial charge in [0.05, 0.1) is 6.61 Å². The Bertz CT molecular complexity index is 612. The van der Waals surface area contributed by atoms with Crippen molar-refractivity contribution in [2.45, 2.75) is 16.1 Å². The van der Waals surface area contributed by atoms with E-state index in [0.29, 0.717) is 0 Å². The number of aliphatic hydroxyl groups excluding tert-OH is 1. The van der Waals surface area contributed by atoms with Crippen molar-refractivity contribution < 1.29 is 15.3 Å². The van der Waals surface area contributed by atoms with Crippen molar-refractivity contribution in [3.63, 3.8) is 0 Å². The van der Waals surface area contributed by atoms with Crippen molar-refractivity contribution in [2.24, 2.45) is 0 Å². The van der Waals surface area contributed by atoms with Crippen LogP contribution < -0.4 is 0 Å². The minimum atomic E-state index is -0.0309. The zero-order valence-electron chi connectivity index (χ0n) is 10.2. The van der Waals surface area contributed by atoms with Crippen molar-refractivity contribution in [3.8, 4) is 11.5 Å². The summed E-state index contributed by atoms with van der Waals surface area (Å²) in [7, 11) is 0. The van der Waals surface area contributed by atoms with Crippen LogP contribution in [0.3, 0.4) is 0 Å². The molecule has 0 bridgehead atoms. The molecule has 3 nitrogen and oxygen atoms in total. The molecule has 0 radical (unpaired) electrons. The molecule has 2 unspecified atom stereocenters. The summed E-state index contributed by atoms with van der Waals surface area (Å²) in [6, 6.07) is 12.6. The number of rotatable bonds is 2. The van der Waals surface area contributed by atoms with E-state index >= 15 is 0 Å². The fourth-order valence-electron chi connectivity index (χ4n) is 2.52. The van der Waals surface area contributed by atoms with Crippen LogP contribution in [0.5, 0.6) is 11.5 Å². The maximum Gasteiger partial charge on any atom is 0.123 e. The Balaban J connectivity index is 2.03. The van der Waals surface area contributed by atoms with Gasteiger partial charge in [-0.25, -0.2) is 0 Å². The van der Waals surface area contributed by atoms with Crippen molar-refractivity contribution >= 4 is 11.8 Å². The number of hydrogen-bond acceptors (Lipinski definition) is 4. The van der Waals surface area contributed by atoms with Crippen molar-refractivity contribution in [1.82, 2.24) is 0 Å². The predicted molar refractivity (Wildman–Crippen MR) is 74.6 cm³/mol. The smallest absolute Gasteiger partial charge is 0.123 e. The van der Waals surface area contributed by atoms with E-state index in [4.69, 9.17) is 0 Å². The second-order valence-electron chi connectivity index (χ2n) is 4.61.